The maximum absolute atomic E-state index is 14.9. The van der Waals surface area contributed by atoms with Crippen molar-refractivity contribution < 1.29 is 13.6 Å². The minimum absolute atomic E-state index is 0.0360. The van der Waals surface area contributed by atoms with Crippen LogP contribution in [0.5, 0.6) is 0 Å². The molecule has 5 nitrogen and oxygen atoms in total. The van der Waals surface area contributed by atoms with E-state index in [2.05, 4.69) is 10.3 Å². The number of nitrogens with one attached hydrogen (secondary N) is 2. The Balaban J connectivity index is 1.43. The highest BCUT2D eigenvalue weighted by atomic mass is 19.1. The van der Waals surface area contributed by atoms with Gasteiger partial charge in [0.2, 0.25) is 5.91 Å². The topological polar surface area (TPSA) is 85.8 Å². The third-order valence-corrected chi connectivity index (χ3v) is 6.92. The zero-order chi connectivity index (χ0) is 21.7. The minimum Gasteiger partial charge on any atom is -0.340 e. The molecule has 2 aliphatic rings. The number of pyridine rings is 1. The fourth-order valence-corrected chi connectivity index (χ4v) is 5.42. The third-order valence-electron chi connectivity index (χ3n) is 6.92. The SMILES string of the molecule is N#C[C@H](Cc1cc2c(=O)[nH]c3cc(F)ccc3c2cc1F)NC(=O)[C@H]1C[C@@H]2CC[C@H]1C2. The molecule has 0 spiro atoms. The lowest BCUT2D eigenvalue weighted by molar-refractivity contribution is -0.126. The largest absolute Gasteiger partial charge is 0.340 e. The quantitative estimate of drug-likeness (QED) is 0.626. The summed E-state index contributed by atoms with van der Waals surface area (Å²) in [4.78, 5) is 27.8. The average Bonchev–Trinajstić information content (AvgIpc) is 3.37. The first-order valence-corrected chi connectivity index (χ1v) is 10.6. The summed E-state index contributed by atoms with van der Waals surface area (Å²) in [5.74, 6) is -0.273. The van der Waals surface area contributed by atoms with Crippen LogP contribution in [0.1, 0.15) is 31.2 Å². The molecule has 0 unspecified atom stereocenters. The number of fused-ring (bicyclic) bond motifs is 5. The molecular weight excluding hydrogens is 400 g/mol. The van der Waals surface area contributed by atoms with E-state index in [1.54, 1.807) is 0 Å². The van der Waals surface area contributed by atoms with Crippen LogP contribution in [-0.4, -0.2) is 16.9 Å². The summed E-state index contributed by atoms with van der Waals surface area (Å²) in [6.45, 7) is 0. The zero-order valence-corrected chi connectivity index (χ0v) is 16.8. The van der Waals surface area contributed by atoms with Gasteiger partial charge in [-0.1, -0.05) is 6.42 Å². The molecule has 2 aliphatic carbocycles. The van der Waals surface area contributed by atoms with Crippen LogP contribution >= 0.6 is 0 Å². The van der Waals surface area contributed by atoms with Crippen LogP contribution in [0.15, 0.2) is 35.1 Å². The monoisotopic (exact) mass is 421 g/mol. The molecule has 0 radical (unpaired) electrons. The summed E-state index contributed by atoms with van der Waals surface area (Å²) in [6, 6.07) is 7.77. The number of aromatic amines is 1. The van der Waals surface area contributed by atoms with Gasteiger partial charge in [0.25, 0.3) is 5.56 Å². The zero-order valence-electron chi connectivity index (χ0n) is 16.8. The van der Waals surface area contributed by atoms with E-state index >= 15 is 0 Å². The molecule has 2 fully saturated rings. The highest BCUT2D eigenvalue weighted by Crippen LogP contribution is 2.48. The Morgan fingerprint density at radius 2 is 2.00 bits per heavy atom. The van der Waals surface area contributed by atoms with Gasteiger partial charge in [-0.15, -0.1) is 0 Å². The van der Waals surface area contributed by atoms with Gasteiger partial charge in [0.15, 0.2) is 0 Å². The van der Waals surface area contributed by atoms with Gasteiger partial charge in [0, 0.05) is 23.1 Å². The molecule has 1 heterocycles. The molecule has 1 aromatic heterocycles. The van der Waals surface area contributed by atoms with Gasteiger partial charge in [-0.05, 0) is 72.4 Å². The number of hydrogen-bond donors (Lipinski definition) is 2. The van der Waals surface area contributed by atoms with Crippen molar-refractivity contribution in [1.29, 1.82) is 5.26 Å². The number of carbonyl (C=O) groups excluding carboxylic acids is 1. The van der Waals surface area contributed by atoms with Crippen molar-refractivity contribution in [2.45, 2.75) is 38.1 Å². The molecule has 0 aliphatic heterocycles. The molecule has 31 heavy (non-hydrogen) atoms. The summed E-state index contributed by atoms with van der Waals surface area (Å²) in [7, 11) is 0. The molecule has 4 atom stereocenters. The summed E-state index contributed by atoms with van der Waals surface area (Å²) < 4.78 is 28.4. The Bertz CT molecular complexity index is 1310. The van der Waals surface area contributed by atoms with E-state index < -0.39 is 23.2 Å². The lowest BCUT2D eigenvalue weighted by Gasteiger charge is -2.22. The number of rotatable bonds is 4. The van der Waals surface area contributed by atoms with Gasteiger partial charge in [-0.2, -0.15) is 5.26 Å². The maximum Gasteiger partial charge on any atom is 0.256 e. The molecule has 2 bridgehead atoms. The van der Waals surface area contributed by atoms with Crippen molar-refractivity contribution in [2.24, 2.45) is 17.8 Å². The van der Waals surface area contributed by atoms with Gasteiger partial charge >= 0.3 is 0 Å². The number of hydrogen-bond acceptors (Lipinski definition) is 3. The van der Waals surface area contributed by atoms with Crippen LogP contribution in [0.25, 0.3) is 21.7 Å². The second-order valence-corrected chi connectivity index (χ2v) is 8.81. The van der Waals surface area contributed by atoms with E-state index in [0.29, 0.717) is 22.6 Å². The van der Waals surface area contributed by atoms with Crippen LogP contribution in [0.3, 0.4) is 0 Å². The number of halogens is 2. The number of nitrogens with zero attached hydrogens (tertiary/aromatic N) is 1. The predicted molar refractivity (Wildman–Crippen MR) is 112 cm³/mol. The second kappa shape index (κ2) is 7.45. The molecule has 158 valence electrons. The first-order chi connectivity index (χ1) is 14.9. The van der Waals surface area contributed by atoms with Crippen LogP contribution in [0, 0.1) is 40.7 Å². The van der Waals surface area contributed by atoms with Crippen molar-refractivity contribution >= 4 is 27.6 Å². The molecular formula is C24H21F2N3O2. The number of aromatic nitrogens is 1. The standard InChI is InChI=1S/C24H21F2N3O2/c25-15-3-4-17-19-10-21(26)14(8-20(19)24(31)29-22(17)9-15)7-16(11-27)28-23(30)18-6-12-1-2-13(18)5-12/h3-4,8-10,12-13,16,18H,1-2,5-7H2,(H,28,30)(H,29,31)/t12-,13+,16+,18+/m1/s1. The van der Waals surface area contributed by atoms with Crippen LogP contribution in [0.2, 0.25) is 0 Å². The average molecular weight is 421 g/mol. The van der Waals surface area contributed by atoms with Crippen molar-refractivity contribution in [3.63, 3.8) is 0 Å². The first-order valence-electron chi connectivity index (χ1n) is 10.6. The highest BCUT2D eigenvalue weighted by Gasteiger charge is 2.43. The lowest BCUT2D eigenvalue weighted by atomic mass is 9.88. The molecule has 7 heteroatoms. The number of amides is 1. The Hall–Kier alpha value is -3.27. The van der Waals surface area contributed by atoms with Crippen molar-refractivity contribution in [3.8, 4) is 6.07 Å². The fraction of sp³-hybridized carbons (Fsp3) is 0.375. The molecule has 0 saturated heterocycles. The van der Waals surface area contributed by atoms with E-state index in [0.717, 1.165) is 19.3 Å². The number of nitriles is 1. The highest BCUT2D eigenvalue weighted by molar-refractivity contribution is 6.05. The first kappa shape index (κ1) is 19.7. The Morgan fingerprint density at radius 3 is 2.71 bits per heavy atom. The second-order valence-electron chi connectivity index (χ2n) is 8.81. The van der Waals surface area contributed by atoms with Gasteiger partial charge in [-0.3, -0.25) is 9.59 Å². The van der Waals surface area contributed by atoms with Crippen LogP contribution in [-0.2, 0) is 11.2 Å². The van der Waals surface area contributed by atoms with Crippen molar-refractivity contribution in [2.75, 3.05) is 0 Å². The summed E-state index contributed by atoms with van der Waals surface area (Å²) in [6.07, 6.45) is 4.14. The van der Waals surface area contributed by atoms with Crippen LogP contribution < -0.4 is 10.9 Å². The Kier molecular flexibility index (Phi) is 4.73. The van der Waals surface area contributed by atoms with E-state index in [1.165, 1.54) is 36.8 Å². The van der Waals surface area contributed by atoms with Crippen molar-refractivity contribution in [3.05, 3.63) is 57.9 Å². The van der Waals surface area contributed by atoms with E-state index in [1.807, 2.05) is 6.07 Å². The molecule has 2 N–H and O–H groups in total. The summed E-state index contributed by atoms with van der Waals surface area (Å²) in [5, 5.41) is 13.5. The Labute approximate surface area is 177 Å². The van der Waals surface area contributed by atoms with E-state index in [9.17, 15) is 23.6 Å². The minimum atomic E-state index is -0.882. The number of H-pyrrole nitrogens is 1. The molecule has 3 aromatic rings. The summed E-state index contributed by atoms with van der Waals surface area (Å²) >= 11 is 0. The predicted octanol–water partition coefficient (Wildman–Crippen LogP) is 3.95. The molecule has 5 rings (SSSR count). The molecule has 2 aromatic carbocycles. The van der Waals surface area contributed by atoms with E-state index in [4.69, 9.17) is 0 Å². The van der Waals surface area contributed by atoms with Crippen LogP contribution in [0.4, 0.5) is 8.78 Å². The fourth-order valence-electron chi connectivity index (χ4n) is 5.42. The molecule has 1 amide bonds. The Morgan fingerprint density at radius 1 is 1.16 bits per heavy atom. The van der Waals surface area contributed by atoms with Gasteiger partial charge < -0.3 is 10.3 Å². The normalized spacial score (nSPS) is 23.2. The van der Waals surface area contributed by atoms with Gasteiger partial charge in [0.05, 0.1) is 11.6 Å². The number of benzene rings is 2. The van der Waals surface area contributed by atoms with E-state index in [-0.39, 0.29) is 34.7 Å². The van der Waals surface area contributed by atoms with Gasteiger partial charge in [0.1, 0.15) is 17.7 Å². The maximum atomic E-state index is 14.9. The van der Waals surface area contributed by atoms with Gasteiger partial charge in [-0.25, -0.2) is 8.78 Å². The molecule has 2 saturated carbocycles. The lowest BCUT2D eigenvalue weighted by Crippen LogP contribution is -2.41. The third kappa shape index (κ3) is 3.46. The summed E-state index contributed by atoms with van der Waals surface area (Å²) in [5.41, 5.74) is 0.00538. The smallest absolute Gasteiger partial charge is 0.256 e. The van der Waals surface area contributed by atoms with Crippen molar-refractivity contribution in [1.82, 2.24) is 10.3 Å². The number of carbonyl (C=O) groups is 1.